The Hall–Kier alpha value is -2.14. The van der Waals surface area contributed by atoms with Gasteiger partial charge < -0.3 is 9.72 Å². The molecule has 0 radical (unpaired) electrons. The molecule has 0 fully saturated rings. The summed E-state index contributed by atoms with van der Waals surface area (Å²) in [5.41, 5.74) is 3.32. The van der Waals surface area contributed by atoms with E-state index in [1.807, 2.05) is 25.1 Å². The Balaban J connectivity index is 2.26. The lowest BCUT2D eigenvalue weighted by atomic mass is 10.2. The molecule has 0 saturated carbocycles. The molecule has 2 aromatic heterocycles. The van der Waals surface area contributed by atoms with Gasteiger partial charge in [-0.3, -0.25) is 9.36 Å². The maximum Gasteiger partial charge on any atom is 0.277 e. The first-order valence-corrected chi connectivity index (χ1v) is 6.17. The lowest BCUT2D eigenvalue weighted by Crippen LogP contribution is -2.22. The van der Waals surface area contributed by atoms with E-state index in [-0.39, 0.29) is 5.56 Å². The van der Waals surface area contributed by atoms with Gasteiger partial charge in [-0.25, -0.2) is 4.98 Å². The molecule has 0 unspecified atom stereocenters. The second-order valence-electron chi connectivity index (χ2n) is 4.63. The molecule has 0 atom stereocenters. The molecule has 0 aliphatic carbocycles. The van der Waals surface area contributed by atoms with Gasteiger partial charge in [-0.1, -0.05) is 11.6 Å². The molecule has 3 aromatic rings. The van der Waals surface area contributed by atoms with Gasteiger partial charge in [0.05, 0.1) is 19.5 Å². The van der Waals surface area contributed by atoms with Gasteiger partial charge in [0.2, 0.25) is 0 Å². The van der Waals surface area contributed by atoms with E-state index in [9.17, 15) is 4.79 Å². The van der Waals surface area contributed by atoms with E-state index in [4.69, 9.17) is 4.74 Å². The average molecular weight is 257 g/mol. The third-order valence-electron chi connectivity index (χ3n) is 3.26. The largest absolute Gasteiger partial charge is 0.383 e. The third kappa shape index (κ3) is 1.92. The number of benzene rings is 1. The van der Waals surface area contributed by atoms with Crippen molar-refractivity contribution in [3.05, 3.63) is 40.4 Å². The molecule has 0 spiro atoms. The second-order valence-corrected chi connectivity index (χ2v) is 4.63. The van der Waals surface area contributed by atoms with Crippen LogP contribution in [0.2, 0.25) is 0 Å². The summed E-state index contributed by atoms with van der Waals surface area (Å²) in [6.07, 6.45) is 1.58. The minimum atomic E-state index is -0.0593. The maximum absolute atomic E-state index is 12.3. The summed E-state index contributed by atoms with van der Waals surface area (Å²) >= 11 is 0. The van der Waals surface area contributed by atoms with Crippen molar-refractivity contribution < 1.29 is 4.74 Å². The Kier molecular flexibility index (Phi) is 2.83. The molecular formula is C14H15N3O2. The predicted octanol–water partition coefficient (Wildman–Crippen LogP) is 1.83. The van der Waals surface area contributed by atoms with Gasteiger partial charge >= 0.3 is 0 Å². The van der Waals surface area contributed by atoms with E-state index in [1.54, 1.807) is 18.0 Å². The maximum atomic E-state index is 12.3. The van der Waals surface area contributed by atoms with Crippen LogP contribution in [-0.4, -0.2) is 28.3 Å². The number of hydrogen-bond acceptors (Lipinski definition) is 3. The summed E-state index contributed by atoms with van der Waals surface area (Å²) in [4.78, 5) is 19.9. The molecule has 5 heteroatoms. The topological polar surface area (TPSA) is 59.9 Å². The number of nitrogens with one attached hydrogen (secondary N) is 1. The van der Waals surface area contributed by atoms with Crippen LogP contribution < -0.4 is 5.56 Å². The lowest BCUT2D eigenvalue weighted by Gasteiger charge is -2.03. The Morgan fingerprint density at radius 2 is 2.26 bits per heavy atom. The highest BCUT2D eigenvalue weighted by Gasteiger charge is 2.10. The summed E-state index contributed by atoms with van der Waals surface area (Å²) in [5.74, 6) is 0. The fourth-order valence-electron chi connectivity index (χ4n) is 2.25. The van der Waals surface area contributed by atoms with Crippen LogP contribution in [0.4, 0.5) is 0 Å². The fourth-order valence-corrected chi connectivity index (χ4v) is 2.25. The summed E-state index contributed by atoms with van der Waals surface area (Å²) < 4.78 is 6.55. The first-order valence-electron chi connectivity index (χ1n) is 6.17. The minimum Gasteiger partial charge on any atom is -0.383 e. The van der Waals surface area contributed by atoms with Crippen LogP contribution in [0.3, 0.4) is 0 Å². The third-order valence-corrected chi connectivity index (χ3v) is 3.26. The smallest absolute Gasteiger partial charge is 0.277 e. The normalized spacial score (nSPS) is 11.5. The van der Waals surface area contributed by atoms with E-state index in [0.29, 0.717) is 18.7 Å². The van der Waals surface area contributed by atoms with Crippen molar-refractivity contribution in [2.75, 3.05) is 13.7 Å². The predicted molar refractivity (Wildman–Crippen MR) is 74.5 cm³/mol. The Bertz CT molecular complexity index is 801. The minimum absolute atomic E-state index is 0.0593. The monoisotopic (exact) mass is 257 g/mol. The van der Waals surface area contributed by atoms with E-state index in [1.165, 1.54) is 0 Å². The zero-order valence-corrected chi connectivity index (χ0v) is 10.9. The van der Waals surface area contributed by atoms with E-state index in [0.717, 1.165) is 22.0 Å². The first-order chi connectivity index (χ1) is 9.20. The molecule has 0 aliphatic rings. The number of aromatic nitrogens is 3. The fraction of sp³-hybridized carbons (Fsp3) is 0.286. The van der Waals surface area contributed by atoms with Gasteiger partial charge in [-0.15, -0.1) is 0 Å². The number of H-pyrrole nitrogens is 1. The SMILES string of the molecule is COCCn1cnc2c([nH]c3ccc(C)cc32)c1=O. The Morgan fingerprint density at radius 1 is 1.42 bits per heavy atom. The van der Waals surface area contributed by atoms with Gasteiger partial charge in [0.15, 0.2) is 0 Å². The van der Waals surface area contributed by atoms with Gasteiger partial charge in [0, 0.05) is 18.0 Å². The van der Waals surface area contributed by atoms with Crippen molar-refractivity contribution in [2.24, 2.45) is 0 Å². The number of nitrogens with zero attached hydrogens (tertiary/aromatic N) is 2. The van der Waals surface area contributed by atoms with Gasteiger partial charge in [-0.2, -0.15) is 0 Å². The van der Waals surface area contributed by atoms with Gasteiger partial charge in [0.1, 0.15) is 11.0 Å². The number of aromatic amines is 1. The molecule has 3 rings (SSSR count). The molecule has 19 heavy (non-hydrogen) atoms. The molecule has 1 aromatic carbocycles. The molecule has 0 saturated heterocycles. The molecule has 98 valence electrons. The van der Waals surface area contributed by atoms with Crippen LogP contribution in [0.25, 0.3) is 21.9 Å². The van der Waals surface area contributed by atoms with Crippen LogP contribution in [0.5, 0.6) is 0 Å². The van der Waals surface area contributed by atoms with Gasteiger partial charge in [0.25, 0.3) is 5.56 Å². The highest BCUT2D eigenvalue weighted by molar-refractivity contribution is 6.04. The highest BCUT2D eigenvalue weighted by Crippen LogP contribution is 2.22. The molecular weight excluding hydrogens is 242 g/mol. The van der Waals surface area contributed by atoms with Crippen molar-refractivity contribution in [3.8, 4) is 0 Å². The van der Waals surface area contributed by atoms with Crippen LogP contribution in [-0.2, 0) is 11.3 Å². The lowest BCUT2D eigenvalue weighted by molar-refractivity contribution is 0.186. The van der Waals surface area contributed by atoms with Crippen molar-refractivity contribution in [1.29, 1.82) is 0 Å². The number of ether oxygens (including phenoxy) is 1. The summed E-state index contributed by atoms with van der Waals surface area (Å²) in [7, 11) is 1.61. The summed E-state index contributed by atoms with van der Waals surface area (Å²) in [6.45, 7) is 3.02. The summed E-state index contributed by atoms with van der Waals surface area (Å²) in [6, 6.07) is 6.03. The van der Waals surface area contributed by atoms with E-state index >= 15 is 0 Å². The van der Waals surface area contributed by atoms with Crippen molar-refractivity contribution in [1.82, 2.24) is 14.5 Å². The van der Waals surface area contributed by atoms with Crippen LogP contribution in [0.15, 0.2) is 29.3 Å². The molecule has 2 heterocycles. The average Bonchev–Trinajstić information content (AvgIpc) is 2.77. The number of methoxy groups -OCH3 is 1. The first kappa shape index (κ1) is 11.9. The molecule has 0 amide bonds. The molecule has 0 bridgehead atoms. The van der Waals surface area contributed by atoms with Gasteiger partial charge in [-0.05, 0) is 19.1 Å². The van der Waals surface area contributed by atoms with Crippen molar-refractivity contribution >= 4 is 21.9 Å². The standard InChI is InChI=1S/C14H15N3O2/c1-9-3-4-11-10(7-9)12-13(16-11)14(18)17(8-15-12)5-6-19-2/h3-4,7-8,16H,5-6H2,1-2H3. The zero-order chi connectivity index (χ0) is 13.4. The Labute approximate surface area is 109 Å². The second kappa shape index (κ2) is 4.51. The highest BCUT2D eigenvalue weighted by atomic mass is 16.5. The van der Waals surface area contributed by atoms with Crippen LogP contribution in [0, 0.1) is 6.92 Å². The number of hydrogen-bond donors (Lipinski definition) is 1. The summed E-state index contributed by atoms with van der Waals surface area (Å²) in [5, 5.41) is 0.992. The number of aryl methyl sites for hydroxylation is 1. The van der Waals surface area contributed by atoms with E-state index < -0.39 is 0 Å². The molecule has 5 nitrogen and oxygen atoms in total. The quantitative estimate of drug-likeness (QED) is 0.778. The van der Waals surface area contributed by atoms with Crippen molar-refractivity contribution in [3.63, 3.8) is 0 Å². The molecule has 1 N–H and O–H groups in total. The number of rotatable bonds is 3. The Morgan fingerprint density at radius 3 is 3.05 bits per heavy atom. The zero-order valence-electron chi connectivity index (χ0n) is 10.9. The van der Waals surface area contributed by atoms with E-state index in [2.05, 4.69) is 9.97 Å². The van der Waals surface area contributed by atoms with Crippen molar-refractivity contribution in [2.45, 2.75) is 13.5 Å². The van der Waals surface area contributed by atoms with Crippen LogP contribution >= 0.6 is 0 Å². The van der Waals surface area contributed by atoms with Crippen LogP contribution in [0.1, 0.15) is 5.56 Å². The molecule has 0 aliphatic heterocycles. The number of fused-ring (bicyclic) bond motifs is 3.